The number of amides is 1. The number of hydrogen-bond donors (Lipinski definition) is 1. The van der Waals surface area contributed by atoms with Gasteiger partial charge in [-0.3, -0.25) is 14.2 Å². The maximum atomic E-state index is 13.3. The van der Waals surface area contributed by atoms with Crippen LogP contribution in [-0.2, 0) is 35.6 Å². The summed E-state index contributed by atoms with van der Waals surface area (Å²) < 4.78 is 9.22. The number of aromatic nitrogens is 4. The van der Waals surface area contributed by atoms with E-state index in [0.717, 1.165) is 15.7 Å². The predicted octanol–water partition coefficient (Wildman–Crippen LogP) is 1.41. The van der Waals surface area contributed by atoms with Crippen molar-refractivity contribution < 1.29 is 9.53 Å². The number of benzene rings is 2. The molecule has 176 valence electrons. The number of ether oxygens (including phenoxy) is 1. The lowest BCUT2D eigenvalue weighted by Crippen LogP contribution is -2.44. The van der Waals surface area contributed by atoms with Crippen molar-refractivity contribution in [3.8, 4) is 0 Å². The summed E-state index contributed by atoms with van der Waals surface area (Å²) >= 11 is 0. The van der Waals surface area contributed by atoms with Crippen molar-refractivity contribution in [1.82, 2.24) is 24.0 Å². The number of fused-ring (bicyclic) bond motifs is 1. The molecule has 2 aromatic carbocycles. The van der Waals surface area contributed by atoms with E-state index in [-0.39, 0.29) is 24.3 Å². The van der Waals surface area contributed by atoms with Crippen LogP contribution in [0.15, 0.2) is 76.6 Å². The van der Waals surface area contributed by atoms with Crippen LogP contribution >= 0.6 is 0 Å². The highest BCUT2D eigenvalue weighted by Gasteiger charge is 2.20. The molecule has 0 aliphatic carbocycles. The Hall–Kier alpha value is -3.98. The van der Waals surface area contributed by atoms with Crippen LogP contribution in [-0.4, -0.2) is 44.9 Å². The van der Waals surface area contributed by atoms with Crippen molar-refractivity contribution in [2.45, 2.75) is 26.1 Å². The molecule has 2 aromatic heterocycles. The molecule has 4 aromatic rings. The van der Waals surface area contributed by atoms with Gasteiger partial charge >= 0.3 is 5.69 Å². The van der Waals surface area contributed by atoms with E-state index in [9.17, 15) is 14.4 Å². The molecule has 0 fully saturated rings. The van der Waals surface area contributed by atoms with Crippen molar-refractivity contribution in [1.29, 1.82) is 0 Å². The Labute approximate surface area is 196 Å². The normalized spacial score (nSPS) is 11.1. The van der Waals surface area contributed by atoms with Crippen LogP contribution in [0.3, 0.4) is 0 Å². The number of imidazole rings is 1. The summed E-state index contributed by atoms with van der Waals surface area (Å²) in [6, 6.07) is 19.2. The van der Waals surface area contributed by atoms with Crippen molar-refractivity contribution in [2.75, 3.05) is 20.3 Å². The van der Waals surface area contributed by atoms with Gasteiger partial charge in [-0.2, -0.15) is 0 Å². The molecule has 0 atom stereocenters. The zero-order valence-electron chi connectivity index (χ0n) is 19.0. The lowest BCUT2D eigenvalue weighted by Gasteiger charge is -2.13. The van der Waals surface area contributed by atoms with E-state index in [1.807, 2.05) is 60.7 Å². The molecule has 9 heteroatoms. The maximum Gasteiger partial charge on any atom is 0.333 e. The van der Waals surface area contributed by atoms with Gasteiger partial charge in [0, 0.05) is 20.2 Å². The van der Waals surface area contributed by atoms with Gasteiger partial charge in [-0.25, -0.2) is 14.3 Å². The fraction of sp³-hybridized carbons (Fsp3) is 0.280. The van der Waals surface area contributed by atoms with Crippen molar-refractivity contribution in [3.63, 3.8) is 0 Å². The first-order valence-electron chi connectivity index (χ1n) is 11.1. The number of carbonyl (C=O) groups excluding carboxylic acids is 1. The molecule has 1 amide bonds. The zero-order chi connectivity index (χ0) is 23.9. The molecule has 0 radical (unpaired) electrons. The number of carbonyl (C=O) groups is 1. The number of nitrogens with one attached hydrogen (secondary N) is 1. The quantitative estimate of drug-likeness (QED) is 0.385. The molecule has 0 unspecified atom stereocenters. The molecule has 34 heavy (non-hydrogen) atoms. The van der Waals surface area contributed by atoms with Gasteiger partial charge in [-0.15, -0.1) is 0 Å². The number of nitrogens with zero attached hydrogens (tertiary/aromatic N) is 4. The number of methoxy groups -OCH3 is 1. The topological polar surface area (TPSA) is 100 Å². The third-order valence-electron chi connectivity index (χ3n) is 5.58. The summed E-state index contributed by atoms with van der Waals surface area (Å²) in [5.41, 5.74) is 1.41. The Morgan fingerprint density at radius 1 is 0.971 bits per heavy atom. The van der Waals surface area contributed by atoms with E-state index < -0.39 is 17.2 Å². The van der Waals surface area contributed by atoms with Crippen LogP contribution in [0.1, 0.15) is 11.1 Å². The van der Waals surface area contributed by atoms with Gasteiger partial charge in [0.25, 0.3) is 5.56 Å². The van der Waals surface area contributed by atoms with Crippen LogP contribution in [0.5, 0.6) is 0 Å². The Balaban J connectivity index is 1.65. The summed E-state index contributed by atoms with van der Waals surface area (Å²) in [5.74, 6) is -0.399. The Bertz CT molecular complexity index is 1370. The fourth-order valence-corrected chi connectivity index (χ4v) is 3.84. The summed E-state index contributed by atoms with van der Waals surface area (Å²) in [6.45, 7) is 1.04. The molecule has 0 saturated carbocycles. The largest absolute Gasteiger partial charge is 0.383 e. The molecule has 0 aliphatic rings. The Kier molecular flexibility index (Phi) is 7.34. The highest BCUT2D eigenvalue weighted by molar-refractivity contribution is 5.76. The van der Waals surface area contributed by atoms with Crippen LogP contribution in [0.25, 0.3) is 11.2 Å². The van der Waals surface area contributed by atoms with Gasteiger partial charge in [0.15, 0.2) is 11.2 Å². The number of hydrogen-bond acceptors (Lipinski definition) is 5. The molecule has 0 aliphatic heterocycles. The van der Waals surface area contributed by atoms with Gasteiger partial charge in [-0.1, -0.05) is 60.7 Å². The third kappa shape index (κ3) is 5.15. The minimum absolute atomic E-state index is 0.230. The molecular formula is C25H27N5O4. The molecule has 0 saturated heterocycles. The summed E-state index contributed by atoms with van der Waals surface area (Å²) in [4.78, 5) is 43.6. The molecule has 0 spiro atoms. The van der Waals surface area contributed by atoms with Crippen molar-refractivity contribution in [2.24, 2.45) is 0 Å². The molecule has 1 N–H and O–H groups in total. The average molecular weight is 462 g/mol. The van der Waals surface area contributed by atoms with Gasteiger partial charge in [0.1, 0.15) is 6.54 Å². The van der Waals surface area contributed by atoms with Gasteiger partial charge in [-0.05, 0) is 17.5 Å². The smallest absolute Gasteiger partial charge is 0.333 e. The van der Waals surface area contributed by atoms with E-state index in [1.54, 1.807) is 11.7 Å². The summed E-state index contributed by atoms with van der Waals surface area (Å²) in [5, 5.41) is 2.80. The average Bonchev–Trinajstić information content (AvgIpc) is 3.28. The first kappa shape index (κ1) is 23.2. The minimum atomic E-state index is -0.573. The molecular weight excluding hydrogens is 434 g/mol. The second-order valence-electron chi connectivity index (χ2n) is 7.93. The van der Waals surface area contributed by atoms with E-state index in [1.165, 1.54) is 10.9 Å². The Morgan fingerprint density at radius 3 is 2.32 bits per heavy atom. The van der Waals surface area contributed by atoms with Crippen LogP contribution in [0, 0.1) is 0 Å². The SMILES string of the molecule is COCCn1cnc2c1c(=O)n(CC(=O)NCCc1ccccc1)c(=O)n2Cc1ccccc1. The zero-order valence-corrected chi connectivity index (χ0v) is 19.0. The maximum absolute atomic E-state index is 13.3. The standard InChI is InChI=1S/C25H27N5O4/c1-34-15-14-28-18-27-23-22(28)24(32)30(25(33)29(23)16-20-10-6-3-7-11-20)17-21(31)26-13-12-19-8-4-2-5-9-19/h2-11,18H,12-17H2,1H3,(H,26,31). The summed E-state index contributed by atoms with van der Waals surface area (Å²) in [6.07, 6.45) is 2.18. The van der Waals surface area contributed by atoms with Crippen LogP contribution < -0.4 is 16.6 Å². The van der Waals surface area contributed by atoms with E-state index in [2.05, 4.69) is 10.3 Å². The first-order valence-corrected chi connectivity index (χ1v) is 11.1. The van der Waals surface area contributed by atoms with Crippen molar-refractivity contribution in [3.05, 3.63) is 99.0 Å². The first-order chi connectivity index (χ1) is 16.6. The fourth-order valence-electron chi connectivity index (χ4n) is 3.84. The third-order valence-corrected chi connectivity index (χ3v) is 5.58. The lowest BCUT2D eigenvalue weighted by molar-refractivity contribution is -0.121. The minimum Gasteiger partial charge on any atom is -0.383 e. The van der Waals surface area contributed by atoms with Gasteiger partial charge < -0.3 is 14.6 Å². The number of rotatable bonds is 10. The van der Waals surface area contributed by atoms with E-state index >= 15 is 0 Å². The van der Waals surface area contributed by atoms with E-state index in [4.69, 9.17) is 4.74 Å². The predicted molar refractivity (Wildman–Crippen MR) is 129 cm³/mol. The monoisotopic (exact) mass is 461 g/mol. The second kappa shape index (κ2) is 10.8. The van der Waals surface area contributed by atoms with E-state index in [0.29, 0.717) is 26.1 Å². The molecule has 2 heterocycles. The highest BCUT2D eigenvalue weighted by atomic mass is 16.5. The van der Waals surface area contributed by atoms with Gasteiger partial charge in [0.05, 0.1) is 19.5 Å². The second-order valence-corrected chi connectivity index (χ2v) is 7.93. The molecule has 4 rings (SSSR count). The highest BCUT2D eigenvalue weighted by Crippen LogP contribution is 2.10. The summed E-state index contributed by atoms with van der Waals surface area (Å²) in [7, 11) is 1.57. The van der Waals surface area contributed by atoms with Crippen LogP contribution in [0.2, 0.25) is 0 Å². The molecule has 0 bridgehead atoms. The lowest BCUT2D eigenvalue weighted by atomic mass is 10.1. The molecule has 9 nitrogen and oxygen atoms in total. The van der Waals surface area contributed by atoms with Gasteiger partial charge in [0.2, 0.25) is 5.91 Å². The van der Waals surface area contributed by atoms with Crippen LogP contribution in [0.4, 0.5) is 0 Å². The van der Waals surface area contributed by atoms with Crippen molar-refractivity contribution >= 4 is 17.1 Å². The Morgan fingerprint density at radius 2 is 1.65 bits per heavy atom.